The van der Waals surface area contributed by atoms with Crippen LogP contribution in [0.1, 0.15) is 28.8 Å². The molecule has 0 bridgehead atoms. The highest BCUT2D eigenvalue weighted by Gasteiger charge is 2.33. The molecular weight excluding hydrogens is 358 g/mol. The molecule has 1 amide bonds. The van der Waals surface area contributed by atoms with Gasteiger partial charge in [0.2, 0.25) is 0 Å². The third-order valence-corrected chi connectivity index (χ3v) is 5.45. The van der Waals surface area contributed by atoms with E-state index in [1.807, 2.05) is 65.8 Å². The summed E-state index contributed by atoms with van der Waals surface area (Å²) in [4.78, 5) is 24.0. The van der Waals surface area contributed by atoms with Crippen LogP contribution in [0.3, 0.4) is 0 Å². The normalized spacial score (nSPS) is 13.4. The van der Waals surface area contributed by atoms with Crippen molar-refractivity contribution in [3.63, 3.8) is 0 Å². The van der Waals surface area contributed by atoms with E-state index in [2.05, 4.69) is 22.1 Å². The minimum Gasteiger partial charge on any atom is -0.331 e. The van der Waals surface area contributed by atoms with Crippen molar-refractivity contribution in [1.29, 1.82) is 0 Å². The van der Waals surface area contributed by atoms with E-state index in [4.69, 9.17) is 0 Å². The van der Waals surface area contributed by atoms with Gasteiger partial charge in [-0.2, -0.15) is 0 Å². The fraction of sp³-hybridized carbons (Fsp3) is 0.160. The van der Waals surface area contributed by atoms with Crippen LogP contribution < -0.4 is 0 Å². The Labute approximate surface area is 169 Å². The van der Waals surface area contributed by atoms with Crippen LogP contribution in [-0.4, -0.2) is 26.8 Å². The third-order valence-electron chi connectivity index (χ3n) is 5.45. The largest absolute Gasteiger partial charge is 0.331 e. The topological polar surface area (TPSA) is 46.1 Å². The maximum Gasteiger partial charge on any atom is 0.255 e. The van der Waals surface area contributed by atoms with Gasteiger partial charge in [0.15, 0.2) is 0 Å². The summed E-state index contributed by atoms with van der Waals surface area (Å²) in [6.45, 7) is 0.593. The Morgan fingerprint density at radius 2 is 1.62 bits per heavy atom. The van der Waals surface area contributed by atoms with Crippen molar-refractivity contribution in [1.82, 2.24) is 14.9 Å². The van der Waals surface area contributed by atoms with E-state index in [-0.39, 0.29) is 5.91 Å². The van der Waals surface area contributed by atoms with Crippen LogP contribution in [0, 0.1) is 0 Å². The molecule has 0 saturated heterocycles. The first-order valence-electron chi connectivity index (χ1n) is 9.93. The average molecular weight is 379 g/mol. The number of aromatic nitrogens is 2. The van der Waals surface area contributed by atoms with Crippen LogP contribution in [0.5, 0.6) is 0 Å². The van der Waals surface area contributed by atoms with Gasteiger partial charge in [-0.1, -0.05) is 42.5 Å². The van der Waals surface area contributed by atoms with Crippen LogP contribution >= 0.6 is 0 Å². The summed E-state index contributed by atoms with van der Waals surface area (Å²) in [5.74, 6) is 0.0882. The molecule has 5 rings (SSSR count). The number of pyridine rings is 2. The number of fused-ring (bicyclic) bond motifs is 1. The number of benzene rings is 2. The summed E-state index contributed by atoms with van der Waals surface area (Å²) < 4.78 is 0. The Balaban J connectivity index is 1.57. The zero-order valence-electron chi connectivity index (χ0n) is 16.0. The lowest BCUT2D eigenvalue weighted by Gasteiger charge is -2.23. The molecule has 0 aliphatic heterocycles. The molecule has 2 heterocycles. The number of amides is 1. The molecule has 2 aromatic carbocycles. The summed E-state index contributed by atoms with van der Waals surface area (Å²) in [6, 6.07) is 20.4. The number of nitrogens with zero attached hydrogens (tertiary/aromatic N) is 3. The summed E-state index contributed by atoms with van der Waals surface area (Å²) in [6.07, 6.45) is 9.37. The molecule has 4 heteroatoms. The number of carbonyl (C=O) groups is 1. The molecule has 0 atom stereocenters. The van der Waals surface area contributed by atoms with Crippen molar-refractivity contribution in [2.75, 3.05) is 0 Å². The maximum absolute atomic E-state index is 13.6. The van der Waals surface area contributed by atoms with Crippen molar-refractivity contribution >= 4 is 16.7 Å². The van der Waals surface area contributed by atoms with Gasteiger partial charge in [-0.25, -0.2) is 0 Å². The lowest BCUT2D eigenvalue weighted by Crippen LogP contribution is -2.32. The highest BCUT2D eigenvalue weighted by atomic mass is 16.2. The lowest BCUT2D eigenvalue weighted by molar-refractivity contribution is 0.0732. The summed E-state index contributed by atoms with van der Waals surface area (Å²) in [7, 11) is 0. The van der Waals surface area contributed by atoms with Gasteiger partial charge in [0.05, 0.1) is 0 Å². The summed E-state index contributed by atoms with van der Waals surface area (Å²) >= 11 is 0. The predicted octanol–water partition coefficient (Wildman–Crippen LogP) is 5.10. The molecule has 1 aliphatic rings. The number of hydrogen-bond acceptors (Lipinski definition) is 3. The Hall–Kier alpha value is -3.53. The van der Waals surface area contributed by atoms with E-state index < -0.39 is 0 Å². The highest BCUT2D eigenvalue weighted by molar-refractivity contribution is 6.11. The van der Waals surface area contributed by atoms with E-state index in [9.17, 15) is 4.79 Å². The van der Waals surface area contributed by atoms with E-state index >= 15 is 0 Å². The maximum atomic E-state index is 13.6. The molecule has 4 aromatic rings. The van der Waals surface area contributed by atoms with Gasteiger partial charge >= 0.3 is 0 Å². The third kappa shape index (κ3) is 3.49. The molecule has 0 unspecified atom stereocenters. The summed E-state index contributed by atoms with van der Waals surface area (Å²) in [5, 5.41) is 2.05. The SMILES string of the molecule is O=C(c1ccc(-c2cccnc2)c2ccccc12)N(Cc1cccnc1)C1CC1. The van der Waals surface area contributed by atoms with Crippen molar-refractivity contribution in [2.24, 2.45) is 0 Å². The second-order valence-electron chi connectivity index (χ2n) is 7.47. The van der Waals surface area contributed by atoms with Crippen LogP contribution in [0.2, 0.25) is 0 Å². The fourth-order valence-electron chi connectivity index (χ4n) is 3.86. The molecule has 0 spiro atoms. The molecular formula is C25H21N3O. The van der Waals surface area contributed by atoms with Crippen molar-refractivity contribution in [3.05, 3.63) is 96.6 Å². The molecule has 1 saturated carbocycles. The van der Waals surface area contributed by atoms with Crippen LogP contribution in [-0.2, 0) is 6.54 Å². The lowest BCUT2D eigenvalue weighted by atomic mass is 9.95. The average Bonchev–Trinajstić information content (AvgIpc) is 3.63. The van der Waals surface area contributed by atoms with Gasteiger partial charge in [0.1, 0.15) is 0 Å². The molecule has 2 aromatic heterocycles. The second kappa shape index (κ2) is 7.47. The number of carbonyl (C=O) groups excluding carboxylic acids is 1. The molecule has 1 fully saturated rings. The number of rotatable bonds is 5. The molecule has 1 aliphatic carbocycles. The van der Waals surface area contributed by atoms with E-state index in [0.29, 0.717) is 12.6 Å². The molecule has 142 valence electrons. The minimum absolute atomic E-state index is 0.0882. The van der Waals surface area contributed by atoms with Crippen LogP contribution in [0.25, 0.3) is 21.9 Å². The van der Waals surface area contributed by atoms with Crippen molar-refractivity contribution in [3.8, 4) is 11.1 Å². The van der Waals surface area contributed by atoms with E-state index in [1.165, 1.54) is 0 Å². The van der Waals surface area contributed by atoms with Crippen LogP contribution in [0.15, 0.2) is 85.5 Å². The fourth-order valence-corrected chi connectivity index (χ4v) is 3.86. The van der Waals surface area contributed by atoms with Gasteiger partial charge in [0, 0.05) is 48.5 Å². The smallest absolute Gasteiger partial charge is 0.255 e. The number of hydrogen-bond donors (Lipinski definition) is 0. The standard InChI is InChI=1S/C25H21N3O/c29-25(28(20-9-10-20)17-18-5-3-13-26-15-18)24-12-11-21(19-6-4-14-27-16-19)22-7-1-2-8-23(22)24/h1-8,11-16,20H,9-10,17H2. The van der Waals surface area contributed by atoms with Gasteiger partial charge in [-0.05, 0) is 52.9 Å². The second-order valence-corrected chi connectivity index (χ2v) is 7.47. The van der Waals surface area contributed by atoms with E-state index in [1.54, 1.807) is 12.4 Å². The molecule has 29 heavy (non-hydrogen) atoms. The van der Waals surface area contributed by atoms with Crippen LogP contribution in [0.4, 0.5) is 0 Å². The zero-order chi connectivity index (χ0) is 19.6. The van der Waals surface area contributed by atoms with Crippen molar-refractivity contribution < 1.29 is 4.79 Å². The minimum atomic E-state index is 0.0882. The quantitative estimate of drug-likeness (QED) is 0.484. The van der Waals surface area contributed by atoms with Crippen molar-refractivity contribution in [2.45, 2.75) is 25.4 Å². The molecule has 0 N–H and O–H groups in total. The Bertz CT molecular complexity index is 1150. The van der Waals surface area contributed by atoms with Gasteiger partial charge in [-0.3, -0.25) is 14.8 Å². The van der Waals surface area contributed by atoms with Gasteiger partial charge < -0.3 is 4.90 Å². The zero-order valence-corrected chi connectivity index (χ0v) is 16.0. The Morgan fingerprint density at radius 1 is 0.862 bits per heavy atom. The summed E-state index contributed by atoms with van der Waals surface area (Å²) in [5.41, 5.74) is 3.96. The monoisotopic (exact) mass is 379 g/mol. The van der Waals surface area contributed by atoms with Gasteiger partial charge in [-0.15, -0.1) is 0 Å². The Morgan fingerprint density at radius 3 is 2.31 bits per heavy atom. The Kier molecular flexibility index (Phi) is 4.53. The van der Waals surface area contributed by atoms with E-state index in [0.717, 1.165) is 45.9 Å². The first-order chi connectivity index (χ1) is 14.3. The van der Waals surface area contributed by atoms with Gasteiger partial charge in [0.25, 0.3) is 5.91 Å². The highest BCUT2D eigenvalue weighted by Crippen LogP contribution is 2.34. The first kappa shape index (κ1) is 17.6. The predicted molar refractivity (Wildman–Crippen MR) is 114 cm³/mol. The first-order valence-corrected chi connectivity index (χ1v) is 9.93. The molecule has 4 nitrogen and oxygen atoms in total. The molecule has 0 radical (unpaired) electrons.